The zero-order valence-electron chi connectivity index (χ0n) is 20.4. The van der Waals surface area contributed by atoms with Crippen molar-refractivity contribution in [2.45, 2.75) is 31.1 Å². The maximum atomic E-state index is 13.7. The number of benzene rings is 2. The second-order valence-electron chi connectivity index (χ2n) is 8.81. The number of amides is 2. The van der Waals surface area contributed by atoms with E-state index in [4.69, 9.17) is 32.7 Å². The minimum atomic E-state index is -1.18. The number of thioether (sulfide) groups is 1. The highest BCUT2D eigenvalue weighted by molar-refractivity contribution is 7.98. The van der Waals surface area contributed by atoms with Gasteiger partial charge < -0.3 is 14.5 Å². The molecule has 2 amide bonds. The lowest BCUT2D eigenvalue weighted by Crippen LogP contribution is -2.46. The number of carboxylic acid groups (broad SMARTS) is 1. The normalized spacial score (nSPS) is 15.0. The van der Waals surface area contributed by atoms with Crippen LogP contribution in [0.2, 0.25) is 10.0 Å². The van der Waals surface area contributed by atoms with Gasteiger partial charge in [0.1, 0.15) is 0 Å². The summed E-state index contributed by atoms with van der Waals surface area (Å²) in [4.78, 5) is 45.8. The van der Waals surface area contributed by atoms with Crippen LogP contribution in [0.3, 0.4) is 0 Å². The van der Waals surface area contributed by atoms with Crippen molar-refractivity contribution >= 4 is 63.8 Å². The topological polar surface area (TPSA) is 122 Å². The molecule has 0 radical (unpaired) electrons. The van der Waals surface area contributed by atoms with E-state index >= 15 is 0 Å². The molecule has 0 spiro atoms. The number of rotatable bonds is 4. The van der Waals surface area contributed by atoms with E-state index in [0.29, 0.717) is 55.1 Å². The lowest BCUT2D eigenvalue weighted by atomic mass is 9.98. The highest BCUT2D eigenvalue weighted by Crippen LogP contribution is 2.30. The fraction of sp³-hybridized carbons (Fsp3) is 0.240. The molecule has 1 atom stereocenters. The first-order valence-corrected chi connectivity index (χ1v) is 13.4. The molecule has 5 rings (SSSR count). The van der Waals surface area contributed by atoms with Crippen molar-refractivity contribution in [3.05, 3.63) is 73.6 Å². The molecule has 4 aromatic rings. The van der Waals surface area contributed by atoms with Gasteiger partial charge in [0.05, 0.1) is 33.4 Å². The van der Waals surface area contributed by atoms with Crippen LogP contribution in [0.15, 0.2) is 50.9 Å². The Labute approximate surface area is 230 Å². The number of nitrogens with zero attached hydrogens (tertiary/aromatic N) is 5. The Morgan fingerprint density at radius 3 is 2.63 bits per heavy atom. The quantitative estimate of drug-likeness (QED) is 0.264. The van der Waals surface area contributed by atoms with Crippen LogP contribution >= 0.6 is 35.0 Å². The number of hydrogen-bond acceptors (Lipinski definition) is 7. The van der Waals surface area contributed by atoms with Gasteiger partial charge in [-0.3, -0.25) is 19.1 Å². The molecule has 1 aliphatic heterocycles. The standard InChI is InChI=1S/C25H21Cl2N5O5S/c1-12-8-16-19(11-31(12)22(33)13-4-7-17(26)18(27)9-13)28-24(38-3)32(23(16)34)14-5-6-15-20(10-14)37-29-21(15)30(2)25(35)36/h4-7,9-10,12H,8,11H2,1-3H3,(H,35,36). The van der Waals surface area contributed by atoms with Crippen molar-refractivity contribution in [1.29, 1.82) is 0 Å². The third kappa shape index (κ3) is 4.40. The van der Waals surface area contributed by atoms with Gasteiger partial charge in [0.25, 0.3) is 11.5 Å². The van der Waals surface area contributed by atoms with Gasteiger partial charge in [-0.25, -0.2) is 9.78 Å². The molecule has 0 bridgehead atoms. The van der Waals surface area contributed by atoms with Gasteiger partial charge in [0, 0.05) is 30.3 Å². The van der Waals surface area contributed by atoms with E-state index in [1.54, 1.807) is 35.2 Å². The summed E-state index contributed by atoms with van der Waals surface area (Å²) in [6.45, 7) is 2.05. The van der Waals surface area contributed by atoms with Crippen LogP contribution in [0.4, 0.5) is 10.6 Å². The summed E-state index contributed by atoms with van der Waals surface area (Å²) in [7, 11) is 1.37. The highest BCUT2D eigenvalue weighted by atomic mass is 35.5. The fourth-order valence-electron chi connectivity index (χ4n) is 4.45. The van der Waals surface area contributed by atoms with Crippen LogP contribution in [0.25, 0.3) is 16.7 Å². The summed E-state index contributed by atoms with van der Waals surface area (Å²) < 4.78 is 6.86. The van der Waals surface area contributed by atoms with E-state index < -0.39 is 6.09 Å². The van der Waals surface area contributed by atoms with Crippen molar-refractivity contribution < 1.29 is 19.2 Å². The molecular weight excluding hydrogens is 553 g/mol. The number of hydrogen-bond donors (Lipinski definition) is 1. The molecule has 0 saturated carbocycles. The number of carbonyl (C=O) groups excluding carboxylic acids is 1. The number of halogens is 2. The van der Waals surface area contributed by atoms with Gasteiger partial charge >= 0.3 is 6.09 Å². The Kier molecular flexibility index (Phi) is 6.84. The zero-order chi connectivity index (χ0) is 27.3. The van der Waals surface area contributed by atoms with Crippen molar-refractivity contribution in [2.75, 3.05) is 18.2 Å². The van der Waals surface area contributed by atoms with E-state index in [0.717, 1.165) is 4.90 Å². The van der Waals surface area contributed by atoms with Gasteiger partial charge in [-0.2, -0.15) is 0 Å². The molecule has 2 aromatic heterocycles. The van der Waals surface area contributed by atoms with Crippen LogP contribution in [0.5, 0.6) is 0 Å². The minimum Gasteiger partial charge on any atom is -0.465 e. The third-order valence-corrected chi connectivity index (χ3v) is 7.87. The molecule has 3 heterocycles. The fourth-order valence-corrected chi connectivity index (χ4v) is 5.32. The van der Waals surface area contributed by atoms with E-state index in [-0.39, 0.29) is 29.9 Å². The van der Waals surface area contributed by atoms with Crippen LogP contribution < -0.4 is 10.5 Å². The smallest absolute Gasteiger partial charge is 0.412 e. The van der Waals surface area contributed by atoms with Gasteiger partial charge in [-0.05, 0) is 49.9 Å². The van der Waals surface area contributed by atoms with Crippen molar-refractivity contribution in [1.82, 2.24) is 19.6 Å². The lowest BCUT2D eigenvalue weighted by Gasteiger charge is -2.34. The molecule has 2 aromatic carbocycles. The molecule has 10 nitrogen and oxygen atoms in total. The summed E-state index contributed by atoms with van der Waals surface area (Å²) in [5.74, 6) is -0.0723. The highest BCUT2D eigenvalue weighted by Gasteiger charge is 2.32. The van der Waals surface area contributed by atoms with Gasteiger partial charge in [-0.1, -0.05) is 40.1 Å². The van der Waals surface area contributed by atoms with Crippen molar-refractivity contribution in [3.8, 4) is 5.69 Å². The first-order chi connectivity index (χ1) is 18.1. The average molecular weight is 574 g/mol. The molecule has 1 unspecified atom stereocenters. The van der Waals surface area contributed by atoms with Gasteiger partial charge in [0.15, 0.2) is 16.6 Å². The summed E-state index contributed by atoms with van der Waals surface area (Å²) in [6, 6.07) is 9.45. The molecule has 196 valence electrons. The van der Waals surface area contributed by atoms with E-state index in [1.807, 2.05) is 13.2 Å². The SMILES string of the molecule is CSc1nc2c(c(=O)n1-c1ccc3c(N(C)C(=O)O)noc3c1)CC(C)N(C(=O)c1ccc(Cl)c(Cl)c1)C2. The predicted molar refractivity (Wildman–Crippen MR) is 145 cm³/mol. The van der Waals surface area contributed by atoms with Gasteiger partial charge in [0.2, 0.25) is 0 Å². The molecule has 0 saturated heterocycles. The number of fused-ring (bicyclic) bond motifs is 2. The van der Waals surface area contributed by atoms with Gasteiger partial charge in [-0.15, -0.1) is 0 Å². The molecule has 13 heteroatoms. The minimum absolute atomic E-state index is 0.153. The summed E-state index contributed by atoms with van der Waals surface area (Å²) in [6.07, 6.45) is 0.952. The van der Waals surface area contributed by atoms with E-state index in [9.17, 15) is 19.5 Å². The third-order valence-electron chi connectivity index (χ3n) is 6.49. The van der Waals surface area contributed by atoms with E-state index in [1.165, 1.54) is 29.4 Å². The summed E-state index contributed by atoms with van der Waals surface area (Å²) in [5, 5.41) is 14.7. The van der Waals surface area contributed by atoms with Crippen molar-refractivity contribution in [3.63, 3.8) is 0 Å². The molecule has 1 aliphatic rings. The van der Waals surface area contributed by atoms with Crippen LogP contribution in [0, 0.1) is 0 Å². The second kappa shape index (κ2) is 9.97. The first-order valence-electron chi connectivity index (χ1n) is 11.4. The largest absolute Gasteiger partial charge is 0.465 e. The molecule has 0 fully saturated rings. The Morgan fingerprint density at radius 2 is 1.95 bits per heavy atom. The zero-order valence-corrected chi connectivity index (χ0v) is 22.8. The Balaban J connectivity index is 1.54. The maximum Gasteiger partial charge on any atom is 0.412 e. The molecule has 0 aliphatic carbocycles. The van der Waals surface area contributed by atoms with Crippen molar-refractivity contribution in [2.24, 2.45) is 0 Å². The summed E-state index contributed by atoms with van der Waals surface area (Å²) in [5.41, 5.74) is 2.06. The molecule has 38 heavy (non-hydrogen) atoms. The number of anilines is 1. The molecule has 1 N–H and O–H groups in total. The van der Waals surface area contributed by atoms with E-state index in [2.05, 4.69) is 5.16 Å². The Morgan fingerprint density at radius 1 is 1.18 bits per heavy atom. The number of aromatic nitrogens is 3. The average Bonchev–Trinajstić information content (AvgIpc) is 3.32. The van der Waals surface area contributed by atoms with Crippen LogP contribution in [-0.4, -0.2) is 56.1 Å². The van der Waals surface area contributed by atoms with Crippen LogP contribution in [-0.2, 0) is 13.0 Å². The maximum absolute atomic E-state index is 13.7. The summed E-state index contributed by atoms with van der Waals surface area (Å²) >= 11 is 13.4. The first kappa shape index (κ1) is 26.1. The molecular formula is C25H21Cl2N5O5S. The predicted octanol–water partition coefficient (Wildman–Crippen LogP) is 5.10. The monoisotopic (exact) mass is 573 g/mol. The number of carbonyl (C=O) groups is 2. The second-order valence-corrected chi connectivity index (χ2v) is 10.4. The lowest BCUT2D eigenvalue weighted by molar-refractivity contribution is 0.0652. The van der Waals surface area contributed by atoms with Crippen LogP contribution in [0.1, 0.15) is 28.5 Å². The Hall–Kier alpha value is -3.54. The Bertz CT molecular complexity index is 1670.